The Morgan fingerprint density at radius 1 is 1.09 bits per heavy atom. The summed E-state index contributed by atoms with van der Waals surface area (Å²) in [6.45, 7) is 3.93. The Morgan fingerprint density at radius 2 is 1.71 bits per heavy atom. The molecule has 0 aliphatic carbocycles. The standard InChI is InChI=1S/C22H26N4O2.C2HF3O2/c1-24-11-8-22(9-12-24)13-19-23-18-7-10-25(14-17(18)21(28)26(19)15-22)20(27)16-5-3-2-4-6-16;3-2(4,5)1(6)7/h2-6H,7-15H2,1H3;(H,6,7). The normalized spacial score (nSPS) is 18.9. The van der Waals surface area contributed by atoms with Crippen molar-refractivity contribution in [3.63, 3.8) is 0 Å². The van der Waals surface area contributed by atoms with Crippen molar-refractivity contribution in [2.45, 2.75) is 44.9 Å². The first-order valence-corrected chi connectivity index (χ1v) is 11.4. The Balaban J connectivity index is 0.000000364. The predicted molar refractivity (Wildman–Crippen MR) is 120 cm³/mol. The van der Waals surface area contributed by atoms with Crippen molar-refractivity contribution < 1.29 is 27.9 Å². The van der Waals surface area contributed by atoms with Gasteiger partial charge in [-0.25, -0.2) is 9.78 Å². The maximum atomic E-state index is 13.3. The summed E-state index contributed by atoms with van der Waals surface area (Å²) < 4.78 is 33.6. The van der Waals surface area contributed by atoms with Gasteiger partial charge in [0.2, 0.25) is 0 Å². The van der Waals surface area contributed by atoms with Crippen LogP contribution >= 0.6 is 0 Å². The number of rotatable bonds is 1. The molecule has 1 aromatic carbocycles. The maximum absolute atomic E-state index is 13.3. The maximum Gasteiger partial charge on any atom is 0.490 e. The molecular formula is C24H27F3N4O4. The number of nitrogens with zero attached hydrogens (tertiary/aromatic N) is 4. The van der Waals surface area contributed by atoms with E-state index >= 15 is 0 Å². The lowest BCUT2D eigenvalue weighted by Gasteiger charge is -2.36. The second-order valence-corrected chi connectivity index (χ2v) is 9.47. The van der Waals surface area contributed by atoms with Crippen molar-refractivity contribution in [3.8, 4) is 0 Å². The zero-order chi connectivity index (χ0) is 25.4. The van der Waals surface area contributed by atoms with Crippen LogP contribution in [0.25, 0.3) is 0 Å². The van der Waals surface area contributed by atoms with Crippen molar-refractivity contribution >= 4 is 11.9 Å². The Morgan fingerprint density at radius 3 is 2.31 bits per heavy atom. The summed E-state index contributed by atoms with van der Waals surface area (Å²) in [5.74, 6) is -1.81. The number of likely N-dealkylation sites (tertiary alicyclic amines) is 1. The minimum absolute atomic E-state index is 0.0112. The molecule has 188 valence electrons. The molecule has 5 rings (SSSR count). The molecule has 35 heavy (non-hydrogen) atoms. The molecule has 2 aromatic rings. The van der Waals surface area contributed by atoms with Gasteiger partial charge in [0, 0.05) is 31.5 Å². The average Bonchev–Trinajstić information content (AvgIpc) is 3.19. The van der Waals surface area contributed by atoms with Gasteiger partial charge in [0.25, 0.3) is 11.5 Å². The number of piperidine rings is 1. The fourth-order valence-corrected chi connectivity index (χ4v) is 4.95. The third-order valence-corrected chi connectivity index (χ3v) is 7.02. The van der Waals surface area contributed by atoms with Crippen molar-refractivity contribution in [1.29, 1.82) is 0 Å². The molecule has 0 saturated carbocycles. The van der Waals surface area contributed by atoms with Gasteiger partial charge in [-0.1, -0.05) is 18.2 Å². The van der Waals surface area contributed by atoms with Gasteiger partial charge in [-0.2, -0.15) is 13.2 Å². The van der Waals surface area contributed by atoms with Gasteiger partial charge in [0.15, 0.2) is 0 Å². The van der Waals surface area contributed by atoms with Crippen LogP contribution in [0.4, 0.5) is 13.2 Å². The first-order valence-electron chi connectivity index (χ1n) is 11.4. The van der Waals surface area contributed by atoms with Gasteiger partial charge in [0.1, 0.15) is 5.82 Å². The summed E-state index contributed by atoms with van der Waals surface area (Å²) in [6.07, 6.45) is -1.27. The van der Waals surface area contributed by atoms with Crippen LogP contribution in [0.2, 0.25) is 0 Å². The second-order valence-electron chi connectivity index (χ2n) is 9.47. The molecule has 0 bridgehead atoms. The molecule has 3 aliphatic rings. The van der Waals surface area contributed by atoms with Crippen molar-refractivity contribution in [2.75, 3.05) is 26.7 Å². The molecule has 1 spiro atoms. The van der Waals surface area contributed by atoms with E-state index < -0.39 is 12.1 Å². The molecule has 1 fully saturated rings. The Labute approximate surface area is 200 Å². The lowest BCUT2D eigenvalue weighted by molar-refractivity contribution is -0.192. The quantitative estimate of drug-likeness (QED) is 0.657. The number of carboxylic acid groups (broad SMARTS) is 1. The summed E-state index contributed by atoms with van der Waals surface area (Å²) in [5.41, 5.74) is 2.55. The van der Waals surface area contributed by atoms with Crippen LogP contribution in [-0.2, 0) is 30.7 Å². The van der Waals surface area contributed by atoms with Crippen LogP contribution in [0.5, 0.6) is 0 Å². The zero-order valence-corrected chi connectivity index (χ0v) is 19.3. The van der Waals surface area contributed by atoms with Crippen molar-refractivity contribution in [2.24, 2.45) is 5.41 Å². The van der Waals surface area contributed by atoms with Gasteiger partial charge in [-0.05, 0) is 50.5 Å². The molecule has 1 aromatic heterocycles. The number of hydrogen-bond donors (Lipinski definition) is 1. The second kappa shape index (κ2) is 9.44. The highest BCUT2D eigenvalue weighted by Crippen LogP contribution is 2.40. The Hall–Kier alpha value is -3.21. The first-order chi connectivity index (χ1) is 16.5. The van der Waals surface area contributed by atoms with E-state index in [1.54, 1.807) is 4.90 Å². The fraction of sp³-hybridized carbons (Fsp3) is 0.500. The van der Waals surface area contributed by atoms with E-state index in [9.17, 15) is 22.8 Å². The van der Waals surface area contributed by atoms with Gasteiger partial charge in [0.05, 0.1) is 17.8 Å². The van der Waals surface area contributed by atoms with Gasteiger partial charge >= 0.3 is 12.1 Å². The molecule has 1 amide bonds. The number of amides is 1. The summed E-state index contributed by atoms with van der Waals surface area (Å²) >= 11 is 0. The van der Waals surface area contributed by atoms with E-state index in [2.05, 4.69) is 11.9 Å². The minimum Gasteiger partial charge on any atom is -0.475 e. The number of aliphatic carboxylic acids is 1. The van der Waals surface area contributed by atoms with Crippen LogP contribution in [0.1, 0.15) is 40.3 Å². The van der Waals surface area contributed by atoms with Crippen LogP contribution < -0.4 is 5.56 Å². The molecule has 0 atom stereocenters. The Kier molecular flexibility index (Phi) is 6.72. The van der Waals surface area contributed by atoms with Crippen LogP contribution in [0.15, 0.2) is 35.1 Å². The van der Waals surface area contributed by atoms with Crippen LogP contribution in [0.3, 0.4) is 0 Å². The highest BCUT2D eigenvalue weighted by atomic mass is 19.4. The number of hydrogen-bond acceptors (Lipinski definition) is 5. The smallest absolute Gasteiger partial charge is 0.475 e. The topological polar surface area (TPSA) is 95.7 Å². The molecule has 1 N–H and O–H groups in total. The lowest BCUT2D eigenvalue weighted by Crippen LogP contribution is -2.42. The molecule has 3 aliphatic heterocycles. The number of carbonyl (C=O) groups is 2. The SMILES string of the molecule is CN1CCC2(CC1)Cc1nc3c(c(=O)n1C2)CN(C(=O)c1ccccc1)CC3.O=C(O)C(F)(F)F. The molecule has 0 unspecified atom stereocenters. The summed E-state index contributed by atoms with van der Waals surface area (Å²) in [7, 11) is 2.16. The number of alkyl halides is 3. The van der Waals surface area contributed by atoms with Gasteiger partial charge in [-0.15, -0.1) is 0 Å². The summed E-state index contributed by atoms with van der Waals surface area (Å²) in [6, 6.07) is 9.30. The van der Waals surface area contributed by atoms with E-state index in [0.29, 0.717) is 30.6 Å². The number of aromatic nitrogens is 2. The third-order valence-electron chi connectivity index (χ3n) is 7.02. The highest BCUT2D eigenvalue weighted by Gasteiger charge is 2.42. The number of halogens is 3. The van der Waals surface area contributed by atoms with Gasteiger partial charge < -0.3 is 14.9 Å². The minimum atomic E-state index is -5.08. The van der Waals surface area contributed by atoms with E-state index in [0.717, 1.165) is 50.4 Å². The first kappa shape index (κ1) is 24.9. The average molecular weight is 492 g/mol. The van der Waals surface area contributed by atoms with Crippen LogP contribution in [-0.4, -0.2) is 69.2 Å². The molecule has 0 radical (unpaired) electrons. The molecule has 1 saturated heterocycles. The monoisotopic (exact) mass is 492 g/mol. The number of fused-ring (bicyclic) bond motifs is 2. The summed E-state index contributed by atoms with van der Waals surface area (Å²) in [5, 5.41) is 7.12. The summed E-state index contributed by atoms with van der Waals surface area (Å²) in [4.78, 5) is 44.0. The van der Waals surface area contributed by atoms with Crippen molar-refractivity contribution in [1.82, 2.24) is 19.4 Å². The number of carbonyl (C=O) groups excluding carboxylic acids is 1. The number of carboxylic acids is 1. The largest absolute Gasteiger partial charge is 0.490 e. The number of benzene rings is 1. The molecular weight excluding hydrogens is 465 g/mol. The van der Waals surface area contributed by atoms with E-state index in [4.69, 9.17) is 14.9 Å². The van der Waals surface area contributed by atoms with Crippen molar-refractivity contribution in [3.05, 3.63) is 63.3 Å². The van der Waals surface area contributed by atoms with E-state index in [1.807, 2.05) is 34.9 Å². The lowest BCUT2D eigenvalue weighted by atomic mass is 9.77. The zero-order valence-electron chi connectivity index (χ0n) is 19.3. The molecule has 4 heterocycles. The molecule has 8 nitrogen and oxygen atoms in total. The van der Waals surface area contributed by atoms with Crippen LogP contribution in [0, 0.1) is 5.41 Å². The predicted octanol–water partition coefficient (Wildman–Crippen LogP) is 2.34. The fourth-order valence-electron chi connectivity index (χ4n) is 4.95. The third kappa shape index (κ3) is 5.24. The van der Waals surface area contributed by atoms with E-state index in [1.165, 1.54) is 0 Å². The van der Waals surface area contributed by atoms with E-state index in [-0.39, 0.29) is 16.9 Å². The van der Waals surface area contributed by atoms with Gasteiger partial charge in [-0.3, -0.25) is 14.2 Å². The Bertz CT molecular complexity index is 1170. The highest BCUT2D eigenvalue weighted by molar-refractivity contribution is 5.94. The molecule has 11 heteroatoms.